The van der Waals surface area contributed by atoms with Crippen molar-refractivity contribution in [3.63, 3.8) is 0 Å². The summed E-state index contributed by atoms with van der Waals surface area (Å²) in [4.78, 5) is 8.70. The Labute approximate surface area is 119 Å². The van der Waals surface area contributed by atoms with E-state index in [9.17, 15) is 0 Å². The molecule has 1 aromatic carbocycles. The molecule has 0 unspecified atom stereocenters. The van der Waals surface area contributed by atoms with Gasteiger partial charge in [-0.3, -0.25) is 4.68 Å². The fourth-order valence-electron chi connectivity index (χ4n) is 2.03. The molecular formula is C12H11Cl2N5. The van der Waals surface area contributed by atoms with Crippen molar-refractivity contribution < 1.29 is 0 Å². The van der Waals surface area contributed by atoms with E-state index in [1.165, 1.54) is 0 Å². The molecular weight excluding hydrogens is 285 g/mol. The van der Waals surface area contributed by atoms with E-state index in [4.69, 9.17) is 23.2 Å². The molecule has 0 aliphatic heterocycles. The Morgan fingerprint density at radius 2 is 2.16 bits per heavy atom. The molecule has 0 aliphatic rings. The van der Waals surface area contributed by atoms with Gasteiger partial charge in [0.2, 0.25) is 0 Å². The Bertz CT molecular complexity index is 731. The van der Waals surface area contributed by atoms with Crippen LogP contribution in [0.3, 0.4) is 0 Å². The van der Waals surface area contributed by atoms with E-state index in [0.717, 1.165) is 22.7 Å². The molecule has 0 aliphatic carbocycles. The second-order valence-electron chi connectivity index (χ2n) is 4.22. The number of nitrogens with zero attached hydrogens (tertiary/aromatic N) is 5. The quantitative estimate of drug-likeness (QED) is 0.698. The van der Waals surface area contributed by atoms with Crippen molar-refractivity contribution in [3.05, 3.63) is 41.2 Å². The molecule has 5 nitrogen and oxygen atoms in total. The van der Waals surface area contributed by atoms with Crippen molar-refractivity contribution in [2.45, 2.75) is 12.4 Å². The zero-order chi connectivity index (χ0) is 13.4. The molecule has 0 atom stereocenters. The van der Waals surface area contributed by atoms with Gasteiger partial charge in [-0.15, -0.1) is 11.6 Å². The molecule has 0 radical (unpaired) electrons. The fraction of sp³-hybridized carbons (Fsp3) is 0.250. The largest absolute Gasteiger partial charge is 0.319 e. The first kappa shape index (κ1) is 12.4. The molecule has 0 N–H and O–H groups in total. The Morgan fingerprint density at radius 3 is 2.84 bits per heavy atom. The molecule has 0 spiro atoms. The third kappa shape index (κ3) is 2.31. The second kappa shape index (κ2) is 4.83. The highest BCUT2D eigenvalue weighted by Gasteiger charge is 2.12. The van der Waals surface area contributed by atoms with E-state index in [0.29, 0.717) is 17.4 Å². The van der Waals surface area contributed by atoms with Crippen LogP contribution in [0.15, 0.2) is 24.5 Å². The molecule has 0 amide bonds. The molecule has 98 valence electrons. The van der Waals surface area contributed by atoms with Crippen molar-refractivity contribution in [2.75, 3.05) is 0 Å². The lowest BCUT2D eigenvalue weighted by Crippen LogP contribution is -2.05. The number of aromatic nitrogens is 5. The van der Waals surface area contributed by atoms with Crippen molar-refractivity contribution in [2.24, 2.45) is 7.05 Å². The van der Waals surface area contributed by atoms with E-state index in [1.54, 1.807) is 11.0 Å². The summed E-state index contributed by atoms with van der Waals surface area (Å²) in [6.45, 7) is 0.543. The van der Waals surface area contributed by atoms with E-state index >= 15 is 0 Å². The van der Waals surface area contributed by atoms with Crippen LogP contribution >= 0.6 is 23.2 Å². The van der Waals surface area contributed by atoms with Gasteiger partial charge in [0.15, 0.2) is 5.82 Å². The van der Waals surface area contributed by atoms with Gasteiger partial charge in [-0.05, 0) is 18.2 Å². The maximum absolute atomic E-state index is 5.98. The average Bonchev–Trinajstić information content (AvgIpc) is 2.94. The number of hydrogen-bond donors (Lipinski definition) is 0. The SMILES string of the molecule is Cn1cnc(Cn2c(CCl)nc3cc(Cl)ccc32)n1. The van der Waals surface area contributed by atoms with Gasteiger partial charge in [-0.2, -0.15) is 5.10 Å². The first-order valence-electron chi connectivity index (χ1n) is 5.72. The molecule has 0 fully saturated rings. The highest BCUT2D eigenvalue weighted by molar-refractivity contribution is 6.31. The number of fused-ring (bicyclic) bond motifs is 1. The van der Waals surface area contributed by atoms with E-state index < -0.39 is 0 Å². The maximum Gasteiger partial charge on any atom is 0.170 e. The third-order valence-electron chi connectivity index (χ3n) is 2.86. The lowest BCUT2D eigenvalue weighted by Gasteiger charge is -2.04. The minimum atomic E-state index is 0.332. The second-order valence-corrected chi connectivity index (χ2v) is 4.92. The number of alkyl halides is 1. The van der Waals surface area contributed by atoms with Crippen LogP contribution in [-0.2, 0) is 19.5 Å². The summed E-state index contributed by atoms with van der Waals surface area (Å²) in [5, 5.41) is 4.93. The molecule has 2 aromatic heterocycles. The number of benzene rings is 1. The molecule has 7 heteroatoms. The fourth-order valence-corrected chi connectivity index (χ4v) is 2.40. The van der Waals surface area contributed by atoms with Gasteiger partial charge in [0, 0.05) is 12.1 Å². The zero-order valence-corrected chi connectivity index (χ0v) is 11.7. The van der Waals surface area contributed by atoms with Gasteiger partial charge in [-0.25, -0.2) is 9.97 Å². The number of rotatable bonds is 3. The predicted octanol–water partition coefficient (Wildman–Crippen LogP) is 2.61. The van der Waals surface area contributed by atoms with Crippen LogP contribution in [-0.4, -0.2) is 24.3 Å². The van der Waals surface area contributed by atoms with Crippen molar-refractivity contribution in [1.29, 1.82) is 0 Å². The molecule has 0 bridgehead atoms. The number of hydrogen-bond acceptors (Lipinski definition) is 3. The number of halogens is 2. The highest BCUT2D eigenvalue weighted by Crippen LogP contribution is 2.22. The minimum Gasteiger partial charge on any atom is -0.319 e. The molecule has 3 rings (SSSR count). The topological polar surface area (TPSA) is 48.5 Å². The smallest absolute Gasteiger partial charge is 0.170 e. The van der Waals surface area contributed by atoms with Crippen molar-refractivity contribution in [1.82, 2.24) is 24.3 Å². The molecule has 2 heterocycles. The standard InChI is InChI=1S/C12H11Cl2N5/c1-18-7-15-11(17-18)6-19-10-3-2-8(14)4-9(10)16-12(19)5-13/h2-4,7H,5-6H2,1H3. The minimum absolute atomic E-state index is 0.332. The summed E-state index contributed by atoms with van der Waals surface area (Å²) in [5.74, 6) is 1.84. The van der Waals surface area contributed by atoms with E-state index in [2.05, 4.69) is 15.1 Å². The van der Waals surface area contributed by atoms with Gasteiger partial charge in [0.1, 0.15) is 12.2 Å². The summed E-state index contributed by atoms with van der Waals surface area (Å²) in [7, 11) is 1.84. The molecule has 3 aromatic rings. The van der Waals surface area contributed by atoms with Crippen LogP contribution in [0.4, 0.5) is 0 Å². The summed E-state index contributed by atoms with van der Waals surface area (Å²) in [6.07, 6.45) is 1.67. The summed E-state index contributed by atoms with van der Waals surface area (Å²) < 4.78 is 3.68. The van der Waals surface area contributed by atoms with Crippen LogP contribution in [0.2, 0.25) is 5.02 Å². The summed E-state index contributed by atoms with van der Waals surface area (Å²) in [5.41, 5.74) is 1.81. The third-order valence-corrected chi connectivity index (χ3v) is 3.33. The van der Waals surface area contributed by atoms with Gasteiger partial charge >= 0.3 is 0 Å². The first-order chi connectivity index (χ1) is 9.17. The zero-order valence-electron chi connectivity index (χ0n) is 10.2. The average molecular weight is 296 g/mol. The van der Waals surface area contributed by atoms with Crippen molar-refractivity contribution >= 4 is 34.2 Å². The Balaban J connectivity index is 2.10. The normalized spacial score (nSPS) is 11.3. The van der Waals surface area contributed by atoms with Crippen LogP contribution in [0.25, 0.3) is 11.0 Å². The Kier molecular flexibility index (Phi) is 3.16. The van der Waals surface area contributed by atoms with Crippen LogP contribution in [0.5, 0.6) is 0 Å². The van der Waals surface area contributed by atoms with Gasteiger partial charge < -0.3 is 4.57 Å². The van der Waals surface area contributed by atoms with Crippen molar-refractivity contribution in [3.8, 4) is 0 Å². The Morgan fingerprint density at radius 1 is 1.32 bits per heavy atom. The van der Waals surface area contributed by atoms with Crippen LogP contribution in [0, 0.1) is 0 Å². The van der Waals surface area contributed by atoms with E-state index in [1.807, 2.05) is 29.8 Å². The lowest BCUT2D eigenvalue weighted by atomic mass is 10.3. The number of aryl methyl sites for hydroxylation is 1. The molecule has 19 heavy (non-hydrogen) atoms. The summed E-state index contributed by atoms with van der Waals surface area (Å²) in [6, 6.07) is 5.60. The number of imidazole rings is 1. The van der Waals surface area contributed by atoms with E-state index in [-0.39, 0.29) is 0 Å². The molecule has 0 saturated heterocycles. The van der Waals surface area contributed by atoms with Crippen LogP contribution < -0.4 is 0 Å². The monoisotopic (exact) mass is 295 g/mol. The molecule has 0 saturated carbocycles. The highest BCUT2D eigenvalue weighted by atomic mass is 35.5. The van der Waals surface area contributed by atoms with Crippen LogP contribution in [0.1, 0.15) is 11.6 Å². The summed E-state index contributed by atoms with van der Waals surface area (Å²) >= 11 is 11.9. The maximum atomic E-state index is 5.98. The van der Waals surface area contributed by atoms with Gasteiger partial charge in [0.05, 0.1) is 23.5 Å². The Hall–Kier alpha value is -1.59. The van der Waals surface area contributed by atoms with Gasteiger partial charge in [-0.1, -0.05) is 11.6 Å². The predicted molar refractivity (Wildman–Crippen MR) is 74.4 cm³/mol. The lowest BCUT2D eigenvalue weighted by molar-refractivity contribution is 0.697. The van der Waals surface area contributed by atoms with Gasteiger partial charge in [0.25, 0.3) is 0 Å². The first-order valence-corrected chi connectivity index (χ1v) is 6.64.